The monoisotopic (exact) mass is 593 g/mol. The van der Waals surface area contributed by atoms with Gasteiger partial charge in [0.1, 0.15) is 0 Å². The summed E-state index contributed by atoms with van der Waals surface area (Å²) in [4.78, 5) is 27.9. The molecule has 40 heavy (non-hydrogen) atoms. The summed E-state index contributed by atoms with van der Waals surface area (Å²) in [5.74, 6) is -0.905. The summed E-state index contributed by atoms with van der Waals surface area (Å²) in [6, 6.07) is 15.2. The Morgan fingerprint density at radius 3 is 2.27 bits per heavy atom. The van der Waals surface area contributed by atoms with Crippen molar-refractivity contribution in [3.63, 3.8) is 0 Å². The smallest absolute Gasteiger partial charge is 0.265 e. The lowest BCUT2D eigenvalue weighted by atomic mass is 10.0. The molecule has 8 nitrogen and oxygen atoms in total. The summed E-state index contributed by atoms with van der Waals surface area (Å²) in [6.07, 6.45) is 2.19. The lowest BCUT2D eigenvalue weighted by Gasteiger charge is -2.36. The number of carbonyl (C=O) groups is 2. The van der Waals surface area contributed by atoms with E-state index in [0.717, 1.165) is 11.3 Å². The highest BCUT2D eigenvalue weighted by molar-refractivity contribution is 7.18. The first-order chi connectivity index (χ1) is 18.8. The third-order valence-corrected chi connectivity index (χ3v) is 12.7. The van der Waals surface area contributed by atoms with Crippen LogP contribution in [-0.2, 0) is 4.43 Å². The fourth-order valence-electron chi connectivity index (χ4n) is 3.51. The number of halogens is 1. The van der Waals surface area contributed by atoms with Gasteiger partial charge in [-0.15, -0.1) is 11.3 Å². The minimum atomic E-state index is -1.92. The maximum atomic E-state index is 13.3. The van der Waals surface area contributed by atoms with Crippen LogP contribution in [0.3, 0.4) is 0 Å². The molecule has 3 aromatic rings. The van der Waals surface area contributed by atoms with E-state index in [-0.39, 0.29) is 16.3 Å². The second-order valence-electron chi connectivity index (χ2n) is 10.7. The van der Waals surface area contributed by atoms with Gasteiger partial charge in [0.05, 0.1) is 50.9 Å². The van der Waals surface area contributed by atoms with Crippen LogP contribution in [-0.4, -0.2) is 33.3 Å². The van der Waals surface area contributed by atoms with E-state index in [4.69, 9.17) is 16.0 Å². The number of nitrogens with zero attached hydrogens (tertiary/aromatic N) is 3. The quantitative estimate of drug-likeness (QED) is 0.152. The molecule has 0 saturated heterocycles. The van der Waals surface area contributed by atoms with Crippen LogP contribution in [0.4, 0.5) is 17.1 Å². The Bertz CT molecular complexity index is 1480. The Labute approximate surface area is 245 Å². The highest BCUT2D eigenvalue weighted by Gasteiger charge is 2.37. The molecule has 1 aromatic heterocycles. The van der Waals surface area contributed by atoms with Crippen molar-refractivity contribution < 1.29 is 14.0 Å². The van der Waals surface area contributed by atoms with E-state index in [9.17, 15) is 20.1 Å². The zero-order valence-electron chi connectivity index (χ0n) is 23.4. The van der Waals surface area contributed by atoms with Crippen LogP contribution in [0.2, 0.25) is 22.5 Å². The summed E-state index contributed by atoms with van der Waals surface area (Å²) in [5, 5.41) is 24.8. The minimum Gasteiger partial charge on any atom is -0.415 e. The number of hydrogen-bond acceptors (Lipinski definition) is 7. The first kappa shape index (κ1) is 30.9. The van der Waals surface area contributed by atoms with Crippen LogP contribution >= 0.6 is 22.9 Å². The molecule has 0 spiro atoms. The van der Waals surface area contributed by atoms with Gasteiger partial charge in [-0.1, -0.05) is 32.4 Å². The van der Waals surface area contributed by atoms with E-state index in [0.29, 0.717) is 44.9 Å². The van der Waals surface area contributed by atoms with E-state index in [1.165, 1.54) is 6.07 Å². The van der Waals surface area contributed by atoms with Crippen molar-refractivity contribution in [3.05, 3.63) is 74.4 Å². The zero-order chi connectivity index (χ0) is 29.7. The molecule has 208 valence electrons. The summed E-state index contributed by atoms with van der Waals surface area (Å²) in [5.41, 5.74) is 2.52. The molecular formula is C29H32ClN5O3SSi. The molecule has 0 fully saturated rings. The van der Waals surface area contributed by atoms with E-state index in [2.05, 4.69) is 56.8 Å². The lowest BCUT2D eigenvalue weighted by Crippen LogP contribution is -2.42. The Kier molecular flexibility index (Phi) is 9.77. The number of thiophene rings is 1. The molecule has 0 saturated carbocycles. The molecule has 2 aromatic carbocycles. The summed E-state index contributed by atoms with van der Waals surface area (Å²) in [7, 11) is -1.92. The number of anilines is 3. The van der Waals surface area contributed by atoms with Crippen molar-refractivity contribution in [2.45, 2.75) is 45.8 Å². The Morgan fingerprint density at radius 1 is 1.05 bits per heavy atom. The molecule has 3 rings (SSSR count). The number of aryl methyl sites for hydroxylation is 1. The van der Waals surface area contributed by atoms with E-state index in [1.54, 1.807) is 54.3 Å². The standard InChI is InChI=1S/C29H32ClN5O3SSi/c1-19-15-24(34-28(37)25-11-12-26(30)39-25)23(16-20(19)17-31)27(36)33-21-7-9-22(10-8-21)35(18-32)13-14-38-40(5,6)29(2,3)4/h7-12,15-16H,13-14H2,1-6H3,(H,33,36)(H,34,37). The van der Waals surface area contributed by atoms with Gasteiger partial charge in [0, 0.05) is 5.69 Å². The van der Waals surface area contributed by atoms with E-state index in [1.807, 2.05) is 0 Å². The van der Waals surface area contributed by atoms with Gasteiger partial charge in [0.15, 0.2) is 14.5 Å². The highest BCUT2D eigenvalue weighted by Crippen LogP contribution is 2.36. The van der Waals surface area contributed by atoms with Crippen molar-refractivity contribution in [1.29, 1.82) is 10.5 Å². The van der Waals surface area contributed by atoms with E-state index < -0.39 is 20.1 Å². The molecule has 11 heteroatoms. The minimum absolute atomic E-state index is 0.0795. The van der Waals surface area contributed by atoms with Gasteiger partial charge in [-0.05, 0) is 79.2 Å². The number of benzene rings is 2. The first-order valence-corrected chi connectivity index (χ1v) is 16.7. The van der Waals surface area contributed by atoms with Crippen molar-refractivity contribution in [1.82, 2.24) is 0 Å². The SMILES string of the molecule is Cc1cc(NC(=O)c2ccc(Cl)s2)c(C(=O)Nc2ccc(N(C#N)CCO[Si](C)(C)C(C)(C)C)cc2)cc1C#N. The fourth-order valence-corrected chi connectivity index (χ4v) is 5.48. The Morgan fingerprint density at radius 2 is 1.73 bits per heavy atom. The van der Waals surface area contributed by atoms with Crippen molar-refractivity contribution in [2.24, 2.45) is 0 Å². The average Bonchev–Trinajstić information content (AvgIpc) is 3.33. The lowest BCUT2D eigenvalue weighted by molar-refractivity contribution is 0.102. The molecule has 1 heterocycles. The third kappa shape index (κ3) is 7.49. The van der Waals surface area contributed by atoms with Crippen LogP contribution < -0.4 is 15.5 Å². The second-order valence-corrected chi connectivity index (χ2v) is 17.3. The van der Waals surface area contributed by atoms with Crippen molar-refractivity contribution >= 4 is 60.1 Å². The number of hydrogen-bond donors (Lipinski definition) is 2. The fraction of sp³-hybridized carbons (Fsp3) is 0.310. The third-order valence-electron chi connectivity index (χ3n) is 6.92. The molecule has 0 aliphatic heterocycles. The average molecular weight is 594 g/mol. The number of nitrogens with one attached hydrogen (secondary N) is 2. The van der Waals surface area contributed by atoms with Crippen LogP contribution in [0.15, 0.2) is 48.5 Å². The molecule has 0 unspecified atom stereocenters. The maximum Gasteiger partial charge on any atom is 0.265 e. The predicted octanol–water partition coefficient (Wildman–Crippen LogP) is 7.40. The molecule has 0 radical (unpaired) electrons. The van der Waals surface area contributed by atoms with Gasteiger partial charge in [-0.25, -0.2) is 0 Å². The maximum absolute atomic E-state index is 13.3. The van der Waals surface area contributed by atoms with Crippen LogP contribution in [0.5, 0.6) is 0 Å². The number of nitriles is 2. The van der Waals surface area contributed by atoms with Gasteiger partial charge in [0.2, 0.25) is 0 Å². The van der Waals surface area contributed by atoms with Gasteiger partial charge in [-0.3, -0.25) is 14.5 Å². The predicted molar refractivity (Wildman–Crippen MR) is 164 cm³/mol. The highest BCUT2D eigenvalue weighted by atomic mass is 35.5. The van der Waals surface area contributed by atoms with Gasteiger partial charge in [-0.2, -0.15) is 10.5 Å². The molecule has 0 aliphatic rings. The molecule has 0 atom stereocenters. The van der Waals surface area contributed by atoms with Crippen LogP contribution in [0.25, 0.3) is 0 Å². The van der Waals surface area contributed by atoms with Gasteiger partial charge < -0.3 is 15.1 Å². The molecule has 0 aliphatic carbocycles. The number of carbonyl (C=O) groups excluding carboxylic acids is 2. The number of amides is 2. The second kappa shape index (κ2) is 12.7. The van der Waals surface area contributed by atoms with Gasteiger partial charge >= 0.3 is 0 Å². The Hall–Kier alpha value is -3.67. The molecule has 0 bridgehead atoms. The van der Waals surface area contributed by atoms with Crippen molar-refractivity contribution in [2.75, 3.05) is 28.7 Å². The molecule has 2 amide bonds. The van der Waals surface area contributed by atoms with Crippen molar-refractivity contribution in [3.8, 4) is 12.3 Å². The summed E-state index contributed by atoms with van der Waals surface area (Å²) >= 11 is 7.08. The topological polar surface area (TPSA) is 118 Å². The summed E-state index contributed by atoms with van der Waals surface area (Å²) < 4.78 is 6.67. The molecular weight excluding hydrogens is 562 g/mol. The summed E-state index contributed by atoms with van der Waals surface area (Å²) in [6.45, 7) is 13.4. The Balaban J connectivity index is 1.74. The number of rotatable bonds is 9. The van der Waals surface area contributed by atoms with Crippen LogP contribution in [0.1, 0.15) is 51.9 Å². The largest absolute Gasteiger partial charge is 0.415 e. The normalized spacial score (nSPS) is 11.3. The zero-order valence-corrected chi connectivity index (χ0v) is 26.0. The van der Waals surface area contributed by atoms with Gasteiger partial charge in [0.25, 0.3) is 11.8 Å². The first-order valence-electron chi connectivity index (χ1n) is 12.6. The van der Waals surface area contributed by atoms with Crippen LogP contribution in [0, 0.1) is 29.7 Å². The molecule has 2 N–H and O–H groups in total. The van der Waals surface area contributed by atoms with E-state index >= 15 is 0 Å².